The van der Waals surface area contributed by atoms with Gasteiger partial charge in [0.1, 0.15) is 5.75 Å². The zero-order valence-electron chi connectivity index (χ0n) is 11.0. The number of halogens is 3. The van der Waals surface area contributed by atoms with Gasteiger partial charge < -0.3 is 4.74 Å². The van der Waals surface area contributed by atoms with Crippen molar-refractivity contribution in [2.75, 3.05) is 7.05 Å². The third-order valence-electron chi connectivity index (χ3n) is 2.79. The fourth-order valence-electron chi connectivity index (χ4n) is 1.59. The van der Waals surface area contributed by atoms with Crippen molar-refractivity contribution in [2.24, 2.45) is 0 Å². The van der Waals surface area contributed by atoms with E-state index < -0.39 is 11.7 Å². The van der Waals surface area contributed by atoms with Crippen LogP contribution in [0.4, 0.5) is 13.2 Å². The molecule has 0 saturated heterocycles. The molecular weight excluding hydrogens is 271 g/mol. The quantitative estimate of drug-likeness (QED) is 0.935. The predicted molar refractivity (Wildman–Crippen MR) is 67.5 cm³/mol. The van der Waals surface area contributed by atoms with Crippen LogP contribution in [0.3, 0.4) is 0 Å². The topological polar surface area (TPSA) is 39.1 Å². The minimum atomic E-state index is -4.38. The lowest BCUT2D eigenvalue weighted by Crippen LogP contribution is -2.19. The van der Waals surface area contributed by atoms with Gasteiger partial charge in [-0.25, -0.2) is 0 Å². The van der Waals surface area contributed by atoms with Gasteiger partial charge in [-0.05, 0) is 32.2 Å². The predicted octanol–water partition coefficient (Wildman–Crippen LogP) is 3.43. The van der Waals surface area contributed by atoms with Gasteiger partial charge >= 0.3 is 6.18 Å². The molecule has 1 N–H and O–H groups in total. The summed E-state index contributed by atoms with van der Waals surface area (Å²) in [6.45, 7) is 1.89. The normalized spacial score (nSPS) is 13.2. The number of benzene rings is 1. The number of aromatic nitrogens is 2. The van der Waals surface area contributed by atoms with Gasteiger partial charge in [-0.1, -0.05) is 6.07 Å². The van der Waals surface area contributed by atoms with Crippen molar-refractivity contribution in [2.45, 2.75) is 19.3 Å². The summed E-state index contributed by atoms with van der Waals surface area (Å²) in [4.78, 5) is 0. The highest BCUT2D eigenvalue weighted by Crippen LogP contribution is 2.32. The number of hydrogen-bond donors (Lipinski definition) is 1. The molecule has 0 bridgehead atoms. The van der Waals surface area contributed by atoms with E-state index in [-0.39, 0.29) is 11.9 Å². The summed E-state index contributed by atoms with van der Waals surface area (Å²) in [5.41, 5.74) is -0.744. The molecule has 2 aromatic rings. The molecule has 0 aliphatic rings. The lowest BCUT2D eigenvalue weighted by Gasteiger charge is -2.10. The summed E-state index contributed by atoms with van der Waals surface area (Å²) in [6, 6.07) is 4.73. The van der Waals surface area contributed by atoms with Crippen LogP contribution >= 0.6 is 0 Å². The van der Waals surface area contributed by atoms with E-state index in [1.807, 2.05) is 6.92 Å². The van der Waals surface area contributed by atoms with Crippen LogP contribution in [0.25, 0.3) is 0 Å². The monoisotopic (exact) mass is 285 g/mol. The van der Waals surface area contributed by atoms with Crippen molar-refractivity contribution >= 4 is 0 Å². The molecule has 1 aromatic carbocycles. The minimum absolute atomic E-state index is 0.0335. The molecule has 4 nitrogen and oxygen atoms in total. The molecule has 0 saturated carbocycles. The van der Waals surface area contributed by atoms with Gasteiger partial charge in [-0.15, -0.1) is 0 Å². The Morgan fingerprint density at radius 1 is 1.30 bits per heavy atom. The maximum absolute atomic E-state index is 12.6. The molecule has 0 aliphatic carbocycles. The maximum atomic E-state index is 12.6. The van der Waals surface area contributed by atoms with Crippen molar-refractivity contribution in [3.05, 3.63) is 42.2 Å². The van der Waals surface area contributed by atoms with Crippen molar-refractivity contribution in [1.82, 2.24) is 15.1 Å². The van der Waals surface area contributed by atoms with E-state index in [9.17, 15) is 13.2 Å². The van der Waals surface area contributed by atoms with Crippen LogP contribution in [0.5, 0.6) is 11.5 Å². The molecule has 7 heteroatoms. The SMILES string of the molecule is CNC(C)n1cc(Oc2cccc(C(F)(F)F)c2)cn1. The third-order valence-corrected chi connectivity index (χ3v) is 2.79. The first-order chi connectivity index (χ1) is 9.40. The largest absolute Gasteiger partial charge is 0.454 e. The van der Waals surface area contributed by atoms with Crippen LogP contribution in [0.1, 0.15) is 18.7 Å². The van der Waals surface area contributed by atoms with Crippen molar-refractivity contribution in [3.63, 3.8) is 0 Å². The molecule has 0 aliphatic heterocycles. The van der Waals surface area contributed by atoms with Gasteiger partial charge in [-0.2, -0.15) is 18.3 Å². The number of hydrogen-bond acceptors (Lipinski definition) is 3. The van der Waals surface area contributed by atoms with Crippen LogP contribution in [0.2, 0.25) is 0 Å². The highest BCUT2D eigenvalue weighted by Gasteiger charge is 2.30. The number of nitrogens with zero attached hydrogens (tertiary/aromatic N) is 2. The number of nitrogens with one attached hydrogen (secondary N) is 1. The summed E-state index contributed by atoms with van der Waals surface area (Å²) >= 11 is 0. The molecule has 1 aromatic heterocycles. The highest BCUT2D eigenvalue weighted by atomic mass is 19.4. The highest BCUT2D eigenvalue weighted by molar-refractivity contribution is 5.33. The van der Waals surface area contributed by atoms with E-state index in [0.717, 1.165) is 12.1 Å². The third kappa shape index (κ3) is 3.30. The molecule has 2 rings (SSSR count). The first-order valence-electron chi connectivity index (χ1n) is 5.96. The Kier molecular flexibility index (Phi) is 3.99. The molecule has 1 heterocycles. The van der Waals surface area contributed by atoms with E-state index >= 15 is 0 Å². The van der Waals surface area contributed by atoms with Gasteiger partial charge in [0.15, 0.2) is 5.75 Å². The molecule has 0 amide bonds. The Labute approximate surface area is 114 Å². The Bertz CT molecular complexity index is 580. The van der Waals surface area contributed by atoms with Gasteiger partial charge in [-0.3, -0.25) is 10.00 Å². The Hall–Kier alpha value is -2.02. The van der Waals surface area contributed by atoms with Crippen LogP contribution in [-0.4, -0.2) is 16.8 Å². The summed E-state index contributed by atoms with van der Waals surface area (Å²) < 4.78 is 44.7. The molecule has 0 fully saturated rings. The summed E-state index contributed by atoms with van der Waals surface area (Å²) in [5, 5.41) is 7.04. The van der Waals surface area contributed by atoms with E-state index in [0.29, 0.717) is 5.75 Å². The van der Waals surface area contributed by atoms with Crippen LogP contribution < -0.4 is 10.1 Å². The zero-order chi connectivity index (χ0) is 14.8. The fraction of sp³-hybridized carbons (Fsp3) is 0.308. The van der Waals surface area contributed by atoms with E-state index in [4.69, 9.17) is 4.74 Å². The zero-order valence-corrected chi connectivity index (χ0v) is 11.0. The standard InChI is InChI=1S/C13H14F3N3O/c1-9(17-2)19-8-12(7-18-19)20-11-5-3-4-10(6-11)13(14,15)16/h3-9,17H,1-2H3. The average Bonchev–Trinajstić information content (AvgIpc) is 2.85. The van der Waals surface area contributed by atoms with Gasteiger partial charge in [0, 0.05) is 0 Å². The molecular formula is C13H14F3N3O. The first kappa shape index (κ1) is 14.4. The summed E-state index contributed by atoms with van der Waals surface area (Å²) in [7, 11) is 1.78. The van der Waals surface area contributed by atoms with Crippen molar-refractivity contribution in [3.8, 4) is 11.5 Å². The van der Waals surface area contributed by atoms with E-state index in [1.165, 1.54) is 18.3 Å². The molecule has 1 atom stereocenters. The molecule has 108 valence electrons. The minimum Gasteiger partial charge on any atom is -0.454 e. The second kappa shape index (κ2) is 5.54. The lowest BCUT2D eigenvalue weighted by molar-refractivity contribution is -0.137. The molecule has 0 radical (unpaired) electrons. The second-order valence-electron chi connectivity index (χ2n) is 4.25. The molecule has 20 heavy (non-hydrogen) atoms. The Morgan fingerprint density at radius 2 is 2.05 bits per heavy atom. The second-order valence-corrected chi connectivity index (χ2v) is 4.25. The maximum Gasteiger partial charge on any atom is 0.416 e. The van der Waals surface area contributed by atoms with Crippen LogP contribution in [0.15, 0.2) is 36.7 Å². The van der Waals surface area contributed by atoms with Crippen LogP contribution in [0, 0.1) is 0 Å². The van der Waals surface area contributed by atoms with Gasteiger partial charge in [0.2, 0.25) is 0 Å². The van der Waals surface area contributed by atoms with E-state index in [1.54, 1.807) is 17.9 Å². The summed E-state index contributed by atoms with van der Waals surface area (Å²) in [5.74, 6) is 0.503. The van der Waals surface area contributed by atoms with Gasteiger partial charge in [0.25, 0.3) is 0 Å². The summed E-state index contributed by atoms with van der Waals surface area (Å²) in [6.07, 6.45) is -1.35. The molecule has 1 unspecified atom stereocenters. The smallest absolute Gasteiger partial charge is 0.416 e. The van der Waals surface area contributed by atoms with Crippen molar-refractivity contribution in [1.29, 1.82) is 0 Å². The number of alkyl halides is 3. The van der Waals surface area contributed by atoms with Crippen molar-refractivity contribution < 1.29 is 17.9 Å². The van der Waals surface area contributed by atoms with Gasteiger partial charge in [0.05, 0.1) is 24.1 Å². The first-order valence-corrected chi connectivity index (χ1v) is 5.96. The average molecular weight is 285 g/mol. The lowest BCUT2D eigenvalue weighted by atomic mass is 10.2. The van der Waals surface area contributed by atoms with E-state index in [2.05, 4.69) is 10.4 Å². The number of ether oxygens (including phenoxy) is 1. The molecule has 0 spiro atoms. The number of rotatable bonds is 4. The Morgan fingerprint density at radius 3 is 2.70 bits per heavy atom. The fourth-order valence-corrected chi connectivity index (χ4v) is 1.59. The van der Waals surface area contributed by atoms with Crippen LogP contribution in [-0.2, 0) is 6.18 Å². The Balaban J connectivity index is 2.16.